The Kier molecular flexibility index (Phi) is 6.13. The van der Waals surface area contributed by atoms with E-state index in [2.05, 4.69) is 62.7 Å². The van der Waals surface area contributed by atoms with Gasteiger partial charge in [0.15, 0.2) is 0 Å². The van der Waals surface area contributed by atoms with Crippen molar-refractivity contribution in [1.29, 1.82) is 0 Å². The Balaban J connectivity index is 1.22. The van der Waals surface area contributed by atoms with E-state index in [0.717, 1.165) is 40.9 Å². The number of carboxylic acid groups (broad SMARTS) is 1. The average Bonchev–Trinajstić information content (AvgIpc) is 3.71. The number of amides is 2. The Hall–Kier alpha value is -4.85. The lowest BCUT2D eigenvalue weighted by molar-refractivity contribution is -0.134. The number of hydrogen-bond donors (Lipinski definition) is 4. The maximum absolute atomic E-state index is 13.5. The second-order valence-electron chi connectivity index (χ2n) is 9.51. The molecule has 2 atom stereocenters. The summed E-state index contributed by atoms with van der Waals surface area (Å²) in [6, 6.07) is 26.3. The number of benzene rings is 3. The number of carbonyl (C=O) groups is 2. The highest BCUT2D eigenvalue weighted by molar-refractivity contribution is 5.87. The van der Waals surface area contributed by atoms with Crippen LogP contribution in [0.5, 0.6) is 0 Å². The van der Waals surface area contributed by atoms with E-state index in [1.54, 1.807) is 35.4 Å². The van der Waals surface area contributed by atoms with Crippen LogP contribution in [-0.2, 0) is 4.79 Å². The predicted octanol–water partition coefficient (Wildman–Crippen LogP) is 5.90. The van der Waals surface area contributed by atoms with E-state index in [4.69, 9.17) is 0 Å². The molecule has 5 aromatic rings. The molecule has 6 rings (SSSR count). The highest BCUT2D eigenvalue weighted by atomic mass is 16.4. The van der Waals surface area contributed by atoms with E-state index < -0.39 is 12.1 Å². The number of aromatic nitrogens is 3. The molecule has 8 heteroatoms. The van der Waals surface area contributed by atoms with Crippen LogP contribution in [-0.4, -0.2) is 43.5 Å². The van der Waals surface area contributed by atoms with Gasteiger partial charge in [-0.3, -0.25) is 4.79 Å². The lowest BCUT2D eigenvalue weighted by Gasteiger charge is -2.28. The second kappa shape index (κ2) is 9.89. The minimum Gasteiger partial charge on any atom is -0.465 e. The standard InChI is InChI=1S/C30H27N5O3/c36-29(27(34-30(37)38)21-7-2-1-3-8-21)35-16-6-11-26(35)28-31-18-25(33-28)20-14-12-19(13-15-20)24-17-22-9-4-5-10-23(22)32-24/h1-5,7-10,12-15,17-18,26-27,32,34H,6,11,16H2,(H,31,33)(H,37,38)/t26-,27+/m0/s1. The van der Waals surface area contributed by atoms with E-state index in [1.807, 2.05) is 18.2 Å². The van der Waals surface area contributed by atoms with Gasteiger partial charge in [0.05, 0.1) is 17.9 Å². The third kappa shape index (κ3) is 4.52. The molecule has 38 heavy (non-hydrogen) atoms. The predicted molar refractivity (Wildman–Crippen MR) is 145 cm³/mol. The molecule has 190 valence electrons. The number of nitrogens with one attached hydrogen (secondary N) is 3. The van der Waals surface area contributed by atoms with Gasteiger partial charge in [0.1, 0.15) is 11.9 Å². The van der Waals surface area contributed by atoms with E-state index in [0.29, 0.717) is 17.9 Å². The number of hydrogen-bond acceptors (Lipinski definition) is 3. The molecule has 2 aromatic heterocycles. The van der Waals surface area contributed by atoms with Crippen molar-refractivity contribution in [2.24, 2.45) is 0 Å². The summed E-state index contributed by atoms with van der Waals surface area (Å²) in [7, 11) is 0. The number of para-hydroxylation sites is 1. The Morgan fingerprint density at radius 3 is 2.37 bits per heavy atom. The van der Waals surface area contributed by atoms with Gasteiger partial charge in [-0.25, -0.2) is 9.78 Å². The van der Waals surface area contributed by atoms with Crippen LogP contribution in [0.15, 0.2) is 91.1 Å². The molecule has 1 aliphatic heterocycles. The monoisotopic (exact) mass is 505 g/mol. The SMILES string of the molecule is O=C(O)N[C@@H](C(=O)N1CCC[C@H]1c1ncc(-c2ccc(-c3cc4ccccc4[nH]3)cc2)[nH]1)c1ccccc1. The van der Waals surface area contributed by atoms with Gasteiger partial charge >= 0.3 is 6.09 Å². The van der Waals surface area contributed by atoms with Crippen LogP contribution in [0.2, 0.25) is 0 Å². The topological polar surface area (TPSA) is 114 Å². The molecule has 1 aliphatic rings. The lowest BCUT2D eigenvalue weighted by Crippen LogP contribution is -2.42. The van der Waals surface area contributed by atoms with Crippen LogP contribution in [0.25, 0.3) is 33.4 Å². The van der Waals surface area contributed by atoms with Gasteiger partial charge in [0.2, 0.25) is 0 Å². The Bertz CT molecular complexity index is 1560. The van der Waals surface area contributed by atoms with Gasteiger partial charge in [-0.05, 0) is 41.7 Å². The average molecular weight is 506 g/mol. The zero-order chi connectivity index (χ0) is 26.1. The molecule has 4 N–H and O–H groups in total. The van der Waals surface area contributed by atoms with Crippen LogP contribution >= 0.6 is 0 Å². The van der Waals surface area contributed by atoms with Gasteiger partial charge in [-0.1, -0.05) is 72.8 Å². The first-order valence-electron chi connectivity index (χ1n) is 12.7. The van der Waals surface area contributed by atoms with Gasteiger partial charge in [0.25, 0.3) is 5.91 Å². The summed E-state index contributed by atoms with van der Waals surface area (Å²) < 4.78 is 0. The third-order valence-corrected chi connectivity index (χ3v) is 7.13. The van der Waals surface area contributed by atoms with Gasteiger partial charge in [-0.2, -0.15) is 0 Å². The molecule has 2 amide bonds. The van der Waals surface area contributed by atoms with Gasteiger partial charge in [-0.15, -0.1) is 0 Å². The lowest BCUT2D eigenvalue weighted by atomic mass is 10.1. The summed E-state index contributed by atoms with van der Waals surface area (Å²) in [5.41, 5.74) is 5.73. The maximum atomic E-state index is 13.5. The molecule has 1 saturated heterocycles. The third-order valence-electron chi connectivity index (χ3n) is 7.13. The molecule has 0 aliphatic carbocycles. The second-order valence-corrected chi connectivity index (χ2v) is 9.51. The Morgan fingerprint density at radius 2 is 1.63 bits per heavy atom. The molecular weight excluding hydrogens is 478 g/mol. The number of imidazole rings is 1. The van der Waals surface area contributed by atoms with Crippen LogP contribution < -0.4 is 5.32 Å². The van der Waals surface area contributed by atoms with E-state index in [9.17, 15) is 14.7 Å². The smallest absolute Gasteiger partial charge is 0.405 e. The van der Waals surface area contributed by atoms with Crippen LogP contribution in [0, 0.1) is 0 Å². The quantitative estimate of drug-likeness (QED) is 0.230. The van der Waals surface area contributed by atoms with Crippen molar-refractivity contribution in [2.45, 2.75) is 24.9 Å². The van der Waals surface area contributed by atoms with Crippen molar-refractivity contribution < 1.29 is 14.7 Å². The fourth-order valence-electron chi connectivity index (χ4n) is 5.25. The zero-order valence-corrected chi connectivity index (χ0v) is 20.6. The number of nitrogens with zero attached hydrogens (tertiary/aromatic N) is 2. The van der Waals surface area contributed by atoms with E-state index in [1.165, 1.54) is 5.39 Å². The minimum absolute atomic E-state index is 0.247. The fraction of sp³-hybridized carbons (Fsp3) is 0.167. The molecule has 0 saturated carbocycles. The molecule has 0 unspecified atom stereocenters. The highest BCUT2D eigenvalue weighted by Crippen LogP contribution is 2.34. The summed E-state index contributed by atoms with van der Waals surface area (Å²) in [4.78, 5) is 38.2. The number of H-pyrrole nitrogens is 2. The number of carbonyl (C=O) groups excluding carboxylic acids is 1. The number of likely N-dealkylation sites (tertiary alicyclic amines) is 1. The summed E-state index contributed by atoms with van der Waals surface area (Å²) in [5, 5.41) is 12.9. The molecule has 1 fully saturated rings. The molecule has 0 spiro atoms. The van der Waals surface area contributed by atoms with E-state index in [-0.39, 0.29) is 11.9 Å². The number of rotatable bonds is 6. The molecule has 0 bridgehead atoms. The summed E-state index contributed by atoms with van der Waals surface area (Å²) in [6.07, 6.45) is 2.13. The summed E-state index contributed by atoms with van der Waals surface area (Å²) >= 11 is 0. The van der Waals surface area contributed by atoms with Crippen molar-refractivity contribution in [2.75, 3.05) is 6.54 Å². The number of fused-ring (bicyclic) bond motifs is 1. The first-order valence-corrected chi connectivity index (χ1v) is 12.7. The number of aromatic amines is 2. The largest absolute Gasteiger partial charge is 0.465 e. The fourth-order valence-corrected chi connectivity index (χ4v) is 5.25. The Morgan fingerprint density at radius 1 is 0.921 bits per heavy atom. The normalized spacial score (nSPS) is 16.0. The summed E-state index contributed by atoms with van der Waals surface area (Å²) in [5.74, 6) is 0.425. The highest BCUT2D eigenvalue weighted by Gasteiger charge is 2.36. The summed E-state index contributed by atoms with van der Waals surface area (Å²) in [6.45, 7) is 0.545. The van der Waals surface area contributed by atoms with Crippen molar-refractivity contribution in [3.8, 4) is 22.5 Å². The van der Waals surface area contributed by atoms with Crippen molar-refractivity contribution >= 4 is 22.9 Å². The van der Waals surface area contributed by atoms with Crippen LogP contribution in [0.1, 0.15) is 36.3 Å². The minimum atomic E-state index is -1.24. The Labute approximate surface area is 219 Å². The molecule has 3 heterocycles. The molecule has 3 aromatic carbocycles. The first kappa shape index (κ1) is 23.5. The van der Waals surface area contributed by atoms with Crippen molar-refractivity contribution in [3.63, 3.8) is 0 Å². The van der Waals surface area contributed by atoms with Crippen LogP contribution in [0.3, 0.4) is 0 Å². The van der Waals surface area contributed by atoms with Crippen molar-refractivity contribution in [3.05, 3.63) is 103 Å². The van der Waals surface area contributed by atoms with Crippen LogP contribution in [0.4, 0.5) is 4.79 Å². The molecule has 0 radical (unpaired) electrons. The molecule has 8 nitrogen and oxygen atoms in total. The maximum Gasteiger partial charge on any atom is 0.405 e. The van der Waals surface area contributed by atoms with Gasteiger partial charge < -0.3 is 25.3 Å². The first-order chi connectivity index (χ1) is 18.6. The van der Waals surface area contributed by atoms with Gasteiger partial charge in [0, 0.05) is 23.1 Å². The van der Waals surface area contributed by atoms with Crippen molar-refractivity contribution in [1.82, 2.24) is 25.2 Å². The molecular formula is C30H27N5O3. The van der Waals surface area contributed by atoms with E-state index >= 15 is 0 Å². The zero-order valence-electron chi connectivity index (χ0n) is 20.6.